The van der Waals surface area contributed by atoms with Crippen LogP contribution in [0.1, 0.15) is 6.92 Å². The van der Waals surface area contributed by atoms with Gasteiger partial charge in [0, 0.05) is 33.1 Å². The van der Waals surface area contributed by atoms with Crippen LogP contribution in [0.4, 0.5) is 5.69 Å². The molecular formula is C25H25N3O5S. The van der Waals surface area contributed by atoms with Gasteiger partial charge in [0.15, 0.2) is 6.10 Å². The summed E-state index contributed by atoms with van der Waals surface area (Å²) in [7, 11) is -3.68. The molecule has 1 saturated heterocycles. The van der Waals surface area contributed by atoms with Crippen molar-refractivity contribution >= 4 is 38.3 Å². The van der Waals surface area contributed by atoms with Crippen LogP contribution in [0.25, 0.3) is 10.8 Å². The Morgan fingerprint density at radius 2 is 1.56 bits per heavy atom. The van der Waals surface area contributed by atoms with Crippen LogP contribution in [0, 0.1) is 0 Å². The Kier molecular flexibility index (Phi) is 5.75. The first-order chi connectivity index (χ1) is 16.3. The van der Waals surface area contributed by atoms with Gasteiger partial charge in [0.1, 0.15) is 5.75 Å². The number of rotatable bonds is 3. The molecule has 2 amide bonds. The summed E-state index contributed by atoms with van der Waals surface area (Å²) < 4.78 is 33.8. The van der Waals surface area contributed by atoms with E-state index in [0.717, 1.165) is 10.8 Å². The highest BCUT2D eigenvalue weighted by atomic mass is 32.2. The lowest BCUT2D eigenvalue weighted by molar-refractivity contribution is -0.140. The quantitative estimate of drug-likeness (QED) is 0.576. The Morgan fingerprint density at radius 1 is 0.882 bits per heavy atom. The molecule has 0 N–H and O–H groups in total. The number of carbonyl (C=O) groups is 2. The number of carbonyl (C=O) groups excluding carboxylic acids is 2. The SMILES string of the molecule is CC(=O)N1CC(C(=O)N2CCN(S(=O)(=O)c3ccc4ccccc4c3)CC2)Oc2ccccc21. The average molecular weight is 480 g/mol. The molecule has 5 rings (SSSR count). The summed E-state index contributed by atoms with van der Waals surface area (Å²) in [4.78, 5) is 28.8. The summed E-state index contributed by atoms with van der Waals surface area (Å²) in [6, 6.07) is 19.9. The van der Waals surface area contributed by atoms with Crippen LogP contribution >= 0.6 is 0 Å². The van der Waals surface area contributed by atoms with Crippen molar-refractivity contribution in [2.45, 2.75) is 17.9 Å². The first kappa shape index (κ1) is 22.4. The van der Waals surface area contributed by atoms with E-state index in [0.29, 0.717) is 11.4 Å². The lowest BCUT2D eigenvalue weighted by Gasteiger charge is -2.38. The Morgan fingerprint density at radius 3 is 2.29 bits per heavy atom. The molecule has 0 radical (unpaired) electrons. The van der Waals surface area contributed by atoms with Gasteiger partial charge in [0.05, 0.1) is 17.1 Å². The van der Waals surface area contributed by atoms with Crippen molar-refractivity contribution in [3.8, 4) is 5.75 Å². The van der Waals surface area contributed by atoms with E-state index in [2.05, 4.69) is 0 Å². The number of anilines is 1. The number of fused-ring (bicyclic) bond motifs is 2. The maximum Gasteiger partial charge on any atom is 0.265 e. The van der Waals surface area contributed by atoms with E-state index in [9.17, 15) is 18.0 Å². The number of piperazine rings is 1. The van der Waals surface area contributed by atoms with Crippen LogP contribution in [0.3, 0.4) is 0 Å². The summed E-state index contributed by atoms with van der Waals surface area (Å²) >= 11 is 0. The van der Waals surface area contributed by atoms with Gasteiger partial charge in [0.25, 0.3) is 5.91 Å². The largest absolute Gasteiger partial charge is 0.476 e. The number of nitrogens with zero attached hydrogens (tertiary/aromatic N) is 3. The number of ether oxygens (including phenoxy) is 1. The van der Waals surface area contributed by atoms with Crippen molar-refractivity contribution in [2.75, 3.05) is 37.6 Å². The minimum atomic E-state index is -3.68. The Bertz CT molecular complexity index is 1370. The zero-order chi connectivity index (χ0) is 23.9. The molecule has 0 saturated carbocycles. The topological polar surface area (TPSA) is 87.2 Å². The summed E-state index contributed by atoms with van der Waals surface area (Å²) in [6.45, 7) is 2.49. The van der Waals surface area contributed by atoms with Crippen molar-refractivity contribution in [3.05, 3.63) is 66.7 Å². The summed E-state index contributed by atoms with van der Waals surface area (Å²) in [5.74, 6) is 0.0724. The van der Waals surface area contributed by atoms with E-state index >= 15 is 0 Å². The third kappa shape index (κ3) is 4.01. The Labute approximate surface area is 198 Å². The molecule has 2 heterocycles. The van der Waals surface area contributed by atoms with E-state index < -0.39 is 16.1 Å². The molecule has 3 aromatic rings. The van der Waals surface area contributed by atoms with E-state index in [4.69, 9.17) is 4.74 Å². The zero-order valence-corrected chi connectivity index (χ0v) is 19.6. The number of amides is 2. The minimum absolute atomic E-state index is 0.126. The van der Waals surface area contributed by atoms with Crippen LogP contribution in [-0.2, 0) is 19.6 Å². The molecule has 1 fully saturated rings. The summed E-state index contributed by atoms with van der Waals surface area (Å²) in [5.41, 5.74) is 0.644. The number of hydrogen-bond donors (Lipinski definition) is 0. The second-order valence-electron chi connectivity index (χ2n) is 8.44. The molecule has 9 heteroatoms. The first-order valence-electron chi connectivity index (χ1n) is 11.2. The third-order valence-corrected chi connectivity index (χ3v) is 8.23. The van der Waals surface area contributed by atoms with Crippen molar-refractivity contribution in [3.63, 3.8) is 0 Å². The fourth-order valence-corrected chi connectivity index (χ4v) is 5.95. The summed E-state index contributed by atoms with van der Waals surface area (Å²) in [6.07, 6.45) is -0.831. The van der Waals surface area contributed by atoms with E-state index in [1.165, 1.54) is 11.2 Å². The number of sulfonamides is 1. The zero-order valence-electron chi connectivity index (χ0n) is 18.8. The molecule has 0 spiro atoms. The van der Waals surface area contributed by atoms with Crippen LogP contribution in [0.5, 0.6) is 5.75 Å². The molecule has 176 valence electrons. The van der Waals surface area contributed by atoms with Crippen LogP contribution < -0.4 is 9.64 Å². The fraction of sp³-hybridized carbons (Fsp3) is 0.280. The molecule has 1 atom stereocenters. The second kappa shape index (κ2) is 8.73. The van der Waals surface area contributed by atoms with Gasteiger partial charge >= 0.3 is 0 Å². The molecule has 1 unspecified atom stereocenters. The molecule has 3 aromatic carbocycles. The highest BCUT2D eigenvalue weighted by Crippen LogP contribution is 2.33. The highest BCUT2D eigenvalue weighted by Gasteiger charge is 2.37. The molecule has 2 aliphatic rings. The van der Waals surface area contributed by atoms with Gasteiger partial charge in [-0.2, -0.15) is 4.31 Å². The smallest absolute Gasteiger partial charge is 0.265 e. The maximum atomic E-state index is 13.2. The molecule has 0 aliphatic carbocycles. The monoisotopic (exact) mass is 479 g/mol. The number of para-hydroxylation sites is 2. The Balaban J connectivity index is 1.28. The molecule has 8 nitrogen and oxygen atoms in total. The van der Waals surface area contributed by atoms with Crippen LogP contribution in [0.2, 0.25) is 0 Å². The predicted molar refractivity (Wildman–Crippen MR) is 128 cm³/mol. The first-order valence-corrected chi connectivity index (χ1v) is 12.6. The van der Waals surface area contributed by atoms with Crippen molar-refractivity contribution in [1.29, 1.82) is 0 Å². The predicted octanol–water partition coefficient (Wildman–Crippen LogP) is 2.49. The van der Waals surface area contributed by atoms with Gasteiger partial charge < -0.3 is 14.5 Å². The lowest BCUT2D eigenvalue weighted by atomic mass is 10.1. The van der Waals surface area contributed by atoms with Gasteiger partial charge in [-0.25, -0.2) is 8.42 Å². The normalized spacial score (nSPS) is 18.9. The van der Waals surface area contributed by atoms with Gasteiger partial charge in [-0.3, -0.25) is 9.59 Å². The van der Waals surface area contributed by atoms with E-state index in [1.807, 2.05) is 30.3 Å². The van der Waals surface area contributed by atoms with Crippen molar-refractivity contribution < 1.29 is 22.7 Å². The molecule has 34 heavy (non-hydrogen) atoms. The average Bonchev–Trinajstić information content (AvgIpc) is 2.87. The molecular weight excluding hydrogens is 454 g/mol. The second-order valence-corrected chi connectivity index (χ2v) is 10.4. The third-order valence-electron chi connectivity index (χ3n) is 6.34. The highest BCUT2D eigenvalue weighted by molar-refractivity contribution is 7.89. The number of hydrogen-bond acceptors (Lipinski definition) is 5. The standard InChI is InChI=1S/C25H25N3O5S/c1-18(29)28-17-24(33-23-9-5-4-8-22(23)28)25(30)26-12-14-27(15-13-26)34(31,32)21-11-10-19-6-2-3-7-20(19)16-21/h2-11,16,24H,12-15,17H2,1H3. The lowest BCUT2D eigenvalue weighted by Crippen LogP contribution is -2.56. The Hall–Kier alpha value is -3.43. The molecule has 2 aliphatic heterocycles. The minimum Gasteiger partial charge on any atom is -0.476 e. The van der Waals surface area contributed by atoms with Crippen LogP contribution in [-0.4, -0.2) is 68.3 Å². The van der Waals surface area contributed by atoms with Gasteiger partial charge in [0.2, 0.25) is 15.9 Å². The van der Waals surface area contributed by atoms with E-state index in [-0.39, 0.29) is 49.4 Å². The maximum absolute atomic E-state index is 13.2. The van der Waals surface area contributed by atoms with Crippen LogP contribution in [0.15, 0.2) is 71.6 Å². The van der Waals surface area contributed by atoms with E-state index in [1.54, 1.807) is 46.2 Å². The van der Waals surface area contributed by atoms with Gasteiger partial charge in [-0.1, -0.05) is 42.5 Å². The van der Waals surface area contributed by atoms with Crippen molar-refractivity contribution in [2.24, 2.45) is 0 Å². The fourth-order valence-electron chi connectivity index (χ4n) is 4.49. The number of benzene rings is 3. The molecule has 0 aromatic heterocycles. The molecule has 0 bridgehead atoms. The van der Waals surface area contributed by atoms with Gasteiger partial charge in [-0.15, -0.1) is 0 Å². The summed E-state index contributed by atoms with van der Waals surface area (Å²) in [5, 5.41) is 1.84. The van der Waals surface area contributed by atoms with Gasteiger partial charge in [-0.05, 0) is 35.0 Å². The van der Waals surface area contributed by atoms with Crippen molar-refractivity contribution in [1.82, 2.24) is 9.21 Å².